The Morgan fingerprint density at radius 3 is 2.56 bits per heavy atom. The van der Waals surface area contributed by atoms with E-state index in [4.69, 9.17) is 23.2 Å². The van der Waals surface area contributed by atoms with Crippen molar-refractivity contribution < 1.29 is 5.11 Å². The van der Waals surface area contributed by atoms with E-state index in [9.17, 15) is 9.90 Å². The third-order valence-corrected chi connectivity index (χ3v) is 4.15. The molecule has 126 valence electrons. The zero-order chi connectivity index (χ0) is 18.0. The van der Waals surface area contributed by atoms with Crippen LogP contribution in [0, 0.1) is 11.8 Å². The van der Waals surface area contributed by atoms with Gasteiger partial charge >= 0.3 is 0 Å². The molecule has 0 bridgehead atoms. The van der Waals surface area contributed by atoms with Gasteiger partial charge in [0.2, 0.25) is 5.88 Å². The second-order valence-electron chi connectivity index (χ2n) is 5.24. The molecule has 0 radical (unpaired) electrons. The van der Waals surface area contributed by atoms with E-state index in [1.165, 1.54) is 4.68 Å². The van der Waals surface area contributed by atoms with Crippen LogP contribution >= 0.6 is 23.2 Å². The summed E-state index contributed by atoms with van der Waals surface area (Å²) in [6.45, 7) is 1.90. The van der Waals surface area contributed by atoms with E-state index in [1.54, 1.807) is 37.4 Å². The lowest BCUT2D eigenvalue weighted by Gasteiger charge is -2.07. The zero-order valence-corrected chi connectivity index (χ0v) is 14.7. The molecule has 0 saturated heterocycles. The number of halogens is 2. The number of hydrogen-bond acceptors (Lipinski definition) is 3. The smallest absolute Gasteiger partial charge is 0.276 e. The molecule has 0 saturated carbocycles. The summed E-state index contributed by atoms with van der Waals surface area (Å²) in [6.07, 6.45) is 1.64. The number of H-pyrrole nitrogens is 1. The molecule has 2 N–H and O–H groups in total. The molecule has 1 aromatic carbocycles. The number of nitrogens with zero attached hydrogens (tertiary/aromatic N) is 2. The van der Waals surface area contributed by atoms with Crippen LogP contribution in [0.25, 0.3) is 11.1 Å². The summed E-state index contributed by atoms with van der Waals surface area (Å²) in [5.74, 6) is 5.35. The summed E-state index contributed by atoms with van der Waals surface area (Å²) in [4.78, 5) is 16.5. The van der Waals surface area contributed by atoms with Gasteiger partial charge in [-0.05, 0) is 31.2 Å². The lowest BCUT2D eigenvalue weighted by Crippen LogP contribution is -2.08. The Kier molecular flexibility index (Phi) is 4.84. The van der Waals surface area contributed by atoms with Crippen molar-refractivity contribution in [3.63, 3.8) is 0 Å². The maximum Gasteiger partial charge on any atom is 0.276 e. The predicted molar refractivity (Wildman–Crippen MR) is 98.1 cm³/mol. The van der Waals surface area contributed by atoms with E-state index in [1.807, 2.05) is 6.07 Å². The predicted octanol–water partition coefficient (Wildman–Crippen LogP) is 3.67. The van der Waals surface area contributed by atoms with Crippen LogP contribution in [-0.2, 0) is 6.54 Å². The molecule has 25 heavy (non-hydrogen) atoms. The van der Waals surface area contributed by atoms with Gasteiger partial charge in [-0.3, -0.25) is 14.9 Å². The quantitative estimate of drug-likeness (QED) is 0.688. The van der Waals surface area contributed by atoms with Gasteiger partial charge in [0.25, 0.3) is 5.56 Å². The highest BCUT2D eigenvalue weighted by molar-refractivity contribution is 6.39. The molecule has 2 heterocycles. The summed E-state index contributed by atoms with van der Waals surface area (Å²) < 4.78 is 1.30. The fourth-order valence-corrected chi connectivity index (χ4v) is 3.17. The van der Waals surface area contributed by atoms with Crippen molar-refractivity contribution in [3.05, 3.63) is 68.2 Å². The van der Waals surface area contributed by atoms with E-state index in [2.05, 4.69) is 21.9 Å². The van der Waals surface area contributed by atoms with Crippen LogP contribution in [0.15, 0.2) is 41.3 Å². The first kappa shape index (κ1) is 17.2. The van der Waals surface area contributed by atoms with Gasteiger partial charge < -0.3 is 5.11 Å². The Balaban J connectivity index is 2.10. The Bertz CT molecular complexity index is 1020. The molecule has 3 aromatic rings. The summed E-state index contributed by atoms with van der Waals surface area (Å²) in [7, 11) is 0. The number of hydrogen-bond donors (Lipinski definition) is 2. The fourth-order valence-electron chi connectivity index (χ4n) is 2.49. The van der Waals surface area contributed by atoms with E-state index in [0.29, 0.717) is 11.3 Å². The molecule has 3 rings (SSSR count). The van der Waals surface area contributed by atoms with Gasteiger partial charge in [0.15, 0.2) is 0 Å². The SMILES string of the molecule is CC#Cc1cc(Cl)c(-c2c(O)n(Cc3ccccn3)[nH]c2=O)c(Cl)c1. The highest BCUT2D eigenvalue weighted by Gasteiger charge is 2.21. The number of aromatic nitrogens is 3. The first-order valence-electron chi connectivity index (χ1n) is 7.35. The van der Waals surface area contributed by atoms with Crippen molar-refractivity contribution in [2.75, 3.05) is 0 Å². The van der Waals surface area contributed by atoms with Crippen molar-refractivity contribution in [3.8, 4) is 28.8 Å². The number of aromatic hydroxyl groups is 1. The van der Waals surface area contributed by atoms with Gasteiger partial charge in [0.1, 0.15) is 5.56 Å². The summed E-state index contributed by atoms with van der Waals surface area (Å²) >= 11 is 12.6. The van der Waals surface area contributed by atoms with Crippen LogP contribution in [0.2, 0.25) is 10.0 Å². The minimum atomic E-state index is -0.494. The molecular weight excluding hydrogens is 361 g/mol. The van der Waals surface area contributed by atoms with Crippen LogP contribution in [0.4, 0.5) is 0 Å². The Labute approximate surface area is 153 Å². The second-order valence-corrected chi connectivity index (χ2v) is 6.05. The van der Waals surface area contributed by atoms with E-state index >= 15 is 0 Å². The minimum Gasteiger partial charge on any atom is -0.493 e. The minimum absolute atomic E-state index is 0.0157. The maximum atomic E-state index is 12.4. The fraction of sp³-hybridized carbons (Fsp3) is 0.111. The zero-order valence-electron chi connectivity index (χ0n) is 13.2. The first-order chi connectivity index (χ1) is 12.0. The summed E-state index contributed by atoms with van der Waals surface area (Å²) in [5, 5.41) is 13.6. The molecule has 5 nitrogen and oxygen atoms in total. The van der Waals surface area contributed by atoms with E-state index < -0.39 is 5.56 Å². The van der Waals surface area contributed by atoms with Crippen LogP contribution in [0.1, 0.15) is 18.2 Å². The molecule has 0 aliphatic heterocycles. The van der Waals surface area contributed by atoms with Gasteiger partial charge in [-0.2, -0.15) is 0 Å². The van der Waals surface area contributed by atoms with Gasteiger partial charge in [0, 0.05) is 17.3 Å². The highest BCUT2D eigenvalue weighted by Crippen LogP contribution is 2.38. The molecule has 2 aromatic heterocycles. The second kappa shape index (κ2) is 7.06. The van der Waals surface area contributed by atoms with Gasteiger partial charge in [-0.15, -0.1) is 5.92 Å². The maximum absolute atomic E-state index is 12.4. The standard InChI is InChI=1S/C18H13Cl2N3O2/c1-2-5-11-8-13(19)15(14(20)9-11)16-17(24)22-23(18(16)25)10-12-6-3-4-7-21-12/h3-4,6-9,25H,10H2,1H3,(H,22,24). The van der Waals surface area contributed by atoms with Gasteiger partial charge in [0.05, 0.1) is 22.3 Å². The van der Waals surface area contributed by atoms with Crippen LogP contribution < -0.4 is 5.56 Å². The van der Waals surface area contributed by atoms with Crippen LogP contribution in [0.5, 0.6) is 5.88 Å². The molecule has 0 aliphatic carbocycles. The van der Waals surface area contributed by atoms with Crippen molar-refractivity contribution in [2.24, 2.45) is 0 Å². The van der Waals surface area contributed by atoms with Gasteiger partial charge in [-0.25, -0.2) is 4.68 Å². The topological polar surface area (TPSA) is 70.9 Å². The number of benzene rings is 1. The number of nitrogens with one attached hydrogen (secondary N) is 1. The molecule has 0 amide bonds. The van der Waals surface area contributed by atoms with Crippen molar-refractivity contribution >= 4 is 23.2 Å². The van der Waals surface area contributed by atoms with Crippen molar-refractivity contribution in [1.29, 1.82) is 0 Å². The molecule has 0 atom stereocenters. The molecule has 0 unspecified atom stereocenters. The van der Waals surface area contributed by atoms with E-state index in [-0.39, 0.29) is 33.6 Å². The summed E-state index contributed by atoms with van der Waals surface area (Å²) in [6, 6.07) is 8.61. The van der Waals surface area contributed by atoms with Gasteiger partial charge in [-0.1, -0.05) is 35.2 Å². The number of pyridine rings is 1. The Morgan fingerprint density at radius 2 is 1.96 bits per heavy atom. The third kappa shape index (κ3) is 3.41. The molecular formula is C18H13Cl2N3O2. The van der Waals surface area contributed by atoms with Crippen molar-refractivity contribution in [2.45, 2.75) is 13.5 Å². The van der Waals surface area contributed by atoms with Crippen molar-refractivity contribution in [1.82, 2.24) is 14.8 Å². The summed E-state index contributed by atoms with van der Waals surface area (Å²) in [5.41, 5.74) is 1.10. The normalized spacial score (nSPS) is 10.4. The average Bonchev–Trinajstić information content (AvgIpc) is 2.83. The molecule has 0 aliphatic rings. The van der Waals surface area contributed by atoms with Crippen LogP contribution in [0.3, 0.4) is 0 Å². The monoisotopic (exact) mass is 373 g/mol. The number of aromatic amines is 1. The van der Waals surface area contributed by atoms with E-state index in [0.717, 1.165) is 0 Å². The highest BCUT2D eigenvalue weighted by atomic mass is 35.5. The lowest BCUT2D eigenvalue weighted by atomic mass is 10.1. The first-order valence-corrected chi connectivity index (χ1v) is 8.10. The van der Waals surface area contributed by atoms with Crippen LogP contribution in [-0.4, -0.2) is 19.9 Å². The Hall–Kier alpha value is -2.68. The average molecular weight is 374 g/mol. The largest absolute Gasteiger partial charge is 0.493 e. The molecule has 7 heteroatoms. The molecule has 0 spiro atoms. The molecule has 0 fully saturated rings. The third-order valence-electron chi connectivity index (χ3n) is 3.55. The lowest BCUT2D eigenvalue weighted by molar-refractivity contribution is 0.409. The number of rotatable bonds is 3. The Morgan fingerprint density at radius 1 is 1.24 bits per heavy atom.